The molecule has 6 rings (SSSR count). The summed E-state index contributed by atoms with van der Waals surface area (Å²) in [6.07, 6.45) is 9.79. The Morgan fingerprint density at radius 3 is 2.34 bits per heavy atom. The Morgan fingerprint density at radius 2 is 1.64 bits per heavy atom. The lowest BCUT2D eigenvalue weighted by Crippen LogP contribution is -2.64. The highest BCUT2D eigenvalue weighted by molar-refractivity contribution is 6.39. The number of aromatic amines is 1. The largest absolute Gasteiger partial charge is 0.456 e. The summed E-state index contributed by atoms with van der Waals surface area (Å²) in [4.78, 5) is 66.5. The lowest BCUT2D eigenvalue weighted by Gasteiger charge is -2.47. The van der Waals surface area contributed by atoms with Crippen molar-refractivity contribution in [3.63, 3.8) is 0 Å². The third-order valence-electron chi connectivity index (χ3n) is 14.9. The van der Waals surface area contributed by atoms with Crippen LogP contribution in [-0.4, -0.2) is 120 Å². The van der Waals surface area contributed by atoms with Crippen molar-refractivity contribution in [3.05, 3.63) is 65.7 Å². The Kier molecular flexibility index (Phi) is 18.7. The van der Waals surface area contributed by atoms with Crippen molar-refractivity contribution in [2.24, 2.45) is 29.6 Å². The first-order valence-corrected chi connectivity index (χ1v) is 24.7. The highest BCUT2D eigenvalue weighted by atomic mass is 16.7. The molecule has 2 bridgehead atoms. The van der Waals surface area contributed by atoms with Crippen LogP contribution in [0.25, 0.3) is 11.3 Å². The van der Waals surface area contributed by atoms with E-state index < -0.39 is 59.8 Å². The van der Waals surface area contributed by atoms with Gasteiger partial charge in [-0.3, -0.25) is 14.4 Å². The number of methoxy groups -OCH3 is 3. The van der Waals surface area contributed by atoms with E-state index in [1.54, 1.807) is 28.3 Å². The molecule has 67 heavy (non-hydrogen) atoms. The molecule has 370 valence electrons. The van der Waals surface area contributed by atoms with Crippen molar-refractivity contribution >= 4 is 23.4 Å². The number of fused-ring (bicyclic) bond motifs is 3. The molecular formula is C53H77N3O11. The minimum Gasteiger partial charge on any atom is -0.456 e. The number of aromatic nitrogens is 2. The van der Waals surface area contributed by atoms with Gasteiger partial charge in [0.25, 0.3) is 11.7 Å². The van der Waals surface area contributed by atoms with E-state index in [2.05, 4.69) is 24.1 Å². The van der Waals surface area contributed by atoms with Gasteiger partial charge in [-0.2, -0.15) is 0 Å². The lowest BCUT2D eigenvalue weighted by atomic mass is 9.82. The fourth-order valence-corrected chi connectivity index (χ4v) is 10.9. The van der Waals surface area contributed by atoms with Crippen LogP contribution in [0.2, 0.25) is 0 Å². The summed E-state index contributed by atoms with van der Waals surface area (Å²) in [7, 11) is 4.82. The molecule has 4 heterocycles. The molecule has 2 saturated heterocycles. The van der Waals surface area contributed by atoms with Crippen molar-refractivity contribution in [1.82, 2.24) is 14.9 Å². The van der Waals surface area contributed by atoms with E-state index in [1.807, 2.05) is 64.2 Å². The standard InChI is InChI=1S/C53H77N3O11/c1-10-38-25-32(2)24-33(3)26-45(63-8)49-46(64-9)28-36(6)53(61,67-49)50(58)51(59)56-23-15-14-18-41(56)52(60)66-48(34(4)19-21-42(38)57)35(5)27-37-20-22-43(44(29-37)62-7)65-31-47-54-30-40(55-47)39-16-12-11-13-17-39/h11-13,16-17,25,27,30,33-34,36-38,41,43-46,48-49,61H,10,14-15,18-24,26,28-29,31H2,1-9H3,(H,54,55)/b32-25+,35-27?. The maximum atomic E-state index is 14.5. The molecule has 14 nitrogen and oxygen atoms in total. The summed E-state index contributed by atoms with van der Waals surface area (Å²) >= 11 is 0. The summed E-state index contributed by atoms with van der Waals surface area (Å²) in [5.41, 5.74) is 3.81. The van der Waals surface area contributed by atoms with Crippen LogP contribution in [0.3, 0.4) is 0 Å². The molecule has 1 saturated carbocycles. The molecule has 4 aliphatic rings. The minimum absolute atomic E-state index is 0.0822. The molecule has 1 aromatic carbocycles. The molecule has 1 aromatic heterocycles. The lowest BCUT2D eigenvalue weighted by molar-refractivity contribution is -0.302. The number of cyclic esters (lactones) is 1. The number of esters is 1. The van der Waals surface area contributed by atoms with Crippen molar-refractivity contribution in [1.29, 1.82) is 0 Å². The number of allylic oxidation sites excluding steroid dienone is 3. The zero-order valence-corrected chi connectivity index (χ0v) is 41.4. The van der Waals surface area contributed by atoms with E-state index in [0.717, 1.165) is 41.1 Å². The summed E-state index contributed by atoms with van der Waals surface area (Å²) < 4.78 is 37.0. The zero-order chi connectivity index (χ0) is 48.4. The van der Waals surface area contributed by atoms with E-state index in [0.29, 0.717) is 64.4 Å². The van der Waals surface area contributed by atoms with Gasteiger partial charge < -0.3 is 43.4 Å². The number of ether oxygens (including phenoxy) is 6. The number of nitrogens with one attached hydrogen (secondary N) is 1. The molecule has 14 heteroatoms. The second-order valence-electron chi connectivity index (χ2n) is 19.9. The van der Waals surface area contributed by atoms with Gasteiger partial charge in [-0.05, 0) is 108 Å². The van der Waals surface area contributed by atoms with Crippen LogP contribution in [0.1, 0.15) is 124 Å². The van der Waals surface area contributed by atoms with Crippen molar-refractivity contribution in [2.75, 3.05) is 27.9 Å². The average molecular weight is 932 g/mol. The first kappa shape index (κ1) is 52.3. The number of ketones is 2. The molecule has 3 fully saturated rings. The molecule has 2 N–H and O–H groups in total. The van der Waals surface area contributed by atoms with E-state index >= 15 is 0 Å². The van der Waals surface area contributed by atoms with Crippen LogP contribution < -0.4 is 0 Å². The predicted molar refractivity (Wildman–Crippen MR) is 253 cm³/mol. The number of hydrogen-bond acceptors (Lipinski definition) is 12. The Bertz CT molecular complexity index is 2030. The number of amides is 1. The smallest absolute Gasteiger partial charge is 0.329 e. The SMILES string of the molecule is CCC1/C=C(\C)CC(C)CC(OC)C2OC(O)(C(=O)C(=O)N3CCCCC3C(=O)OC(C(C)=CC3CCC(OCc4nc(-c5ccccc5)c[nH]4)C(OC)C3)C(C)CCC1=O)C(C)CC2OC. The van der Waals surface area contributed by atoms with Crippen LogP contribution in [-0.2, 0) is 54.2 Å². The number of benzene rings is 1. The van der Waals surface area contributed by atoms with Gasteiger partial charge in [-0.1, -0.05) is 75.8 Å². The van der Waals surface area contributed by atoms with Gasteiger partial charge in [0, 0.05) is 57.9 Å². The van der Waals surface area contributed by atoms with Gasteiger partial charge in [-0.25, -0.2) is 9.78 Å². The van der Waals surface area contributed by atoms with Crippen LogP contribution in [0.5, 0.6) is 0 Å². The number of Topliss-reactive ketones (excluding diaryl/α,β-unsaturated/α-hetero) is 2. The fraction of sp³-hybridized carbons (Fsp3) is 0.679. The van der Waals surface area contributed by atoms with Crippen molar-refractivity contribution in [3.8, 4) is 11.3 Å². The van der Waals surface area contributed by atoms with Gasteiger partial charge in [0.2, 0.25) is 5.79 Å². The molecule has 0 spiro atoms. The topological polar surface area (TPSA) is 176 Å². The maximum Gasteiger partial charge on any atom is 0.329 e. The Morgan fingerprint density at radius 1 is 0.925 bits per heavy atom. The molecule has 13 atom stereocenters. The summed E-state index contributed by atoms with van der Waals surface area (Å²) in [5.74, 6) is -5.47. The zero-order valence-electron chi connectivity index (χ0n) is 41.4. The number of nitrogens with zero attached hydrogens (tertiary/aromatic N) is 2. The number of rotatable bonds is 10. The fourth-order valence-electron chi connectivity index (χ4n) is 10.9. The molecule has 0 radical (unpaired) electrons. The first-order chi connectivity index (χ1) is 32.1. The van der Waals surface area contributed by atoms with Crippen LogP contribution >= 0.6 is 0 Å². The third-order valence-corrected chi connectivity index (χ3v) is 14.9. The number of carbonyl (C=O) groups is 4. The minimum atomic E-state index is -2.48. The second-order valence-corrected chi connectivity index (χ2v) is 19.9. The predicted octanol–water partition coefficient (Wildman–Crippen LogP) is 8.12. The van der Waals surface area contributed by atoms with Gasteiger partial charge in [0.1, 0.15) is 36.5 Å². The van der Waals surface area contributed by atoms with E-state index in [-0.39, 0.29) is 54.6 Å². The third kappa shape index (κ3) is 12.8. The normalized spacial score (nSPS) is 35.5. The summed E-state index contributed by atoms with van der Waals surface area (Å²) in [6, 6.07) is 8.93. The van der Waals surface area contributed by atoms with E-state index in [1.165, 1.54) is 4.90 Å². The Hall–Kier alpha value is -4.05. The van der Waals surface area contributed by atoms with Crippen LogP contribution in [0, 0.1) is 29.6 Å². The first-order valence-electron chi connectivity index (χ1n) is 24.7. The molecule has 1 aliphatic carbocycles. The molecular weight excluding hydrogens is 855 g/mol. The van der Waals surface area contributed by atoms with E-state index in [9.17, 15) is 24.3 Å². The number of imidazole rings is 1. The number of hydrogen-bond donors (Lipinski definition) is 2. The summed E-state index contributed by atoms with van der Waals surface area (Å²) in [5, 5.41) is 12.1. The number of aliphatic hydroxyl groups is 1. The van der Waals surface area contributed by atoms with Gasteiger partial charge >= 0.3 is 5.97 Å². The molecule has 13 unspecified atom stereocenters. The van der Waals surface area contributed by atoms with Crippen LogP contribution in [0.15, 0.2) is 59.8 Å². The maximum absolute atomic E-state index is 14.5. The molecule has 2 aromatic rings. The average Bonchev–Trinajstić information content (AvgIpc) is 3.82. The van der Waals surface area contributed by atoms with Crippen LogP contribution in [0.4, 0.5) is 0 Å². The Labute approximate surface area is 397 Å². The second kappa shape index (κ2) is 24.0. The molecule has 3 aliphatic heterocycles. The Balaban J connectivity index is 1.24. The highest BCUT2D eigenvalue weighted by Gasteiger charge is 2.56. The quantitative estimate of drug-likeness (QED) is 0.133. The highest BCUT2D eigenvalue weighted by Crippen LogP contribution is 2.39. The van der Waals surface area contributed by atoms with Gasteiger partial charge in [0.15, 0.2) is 0 Å². The van der Waals surface area contributed by atoms with Gasteiger partial charge in [-0.15, -0.1) is 0 Å². The monoisotopic (exact) mass is 932 g/mol. The number of piperidine rings is 1. The number of carbonyl (C=O) groups excluding carboxylic acids is 4. The number of H-pyrrole nitrogens is 1. The van der Waals surface area contributed by atoms with Crippen molar-refractivity contribution in [2.45, 2.75) is 174 Å². The van der Waals surface area contributed by atoms with Crippen molar-refractivity contribution < 1.29 is 52.7 Å². The summed E-state index contributed by atoms with van der Waals surface area (Å²) in [6.45, 7) is 12.3. The van der Waals surface area contributed by atoms with Gasteiger partial charge in [0.05, 0.1) is 30.1 Å². The van der Waals surface area contributed by atoms with E-state index in [4.69, 9.17) is 33.4 Å². The molecule has 1 amide bonds.